The van der Waals surface area contributed by atoms with Crippen LogP contribution >= 0.6 is 0 Å². The first-order valence-electron chi connectivity index (χ1n) is 12.2. The molecule has 0 aromatic heterocycles. The first-order chi connectivity index (χ1) is 17.8. The van der Waals surface area contributed by atoms with Gasteiger partial charge in [0, 0.05) is 37.6 Å². The Morgan fingerprint density at radius 3 is 1.81 bits per heavy atom. The van der Waals surface area contributed by atoms with Gasteiger partial charge in [-0.2, -0.15) is 0 Å². The zero-order chi connectivity index (χ0) is 26.4. The zero-order valence-electron chi connectivity index (χ0n) is 21.0. The molecule has 0 unspecified atom stereocenters. The Bertz CT molecular complexity index is 1230. The SMILES string of the molecule is Cc1cccc(NC(=O)N2CCN(C(=O)Nc3cccc(C)c3)C2C(=O)NCc2cccc(CN)c2)c1. The number of nitrogens with two attached hydrogens (primary N) is 1. The number of carbonyl (C=O) groups excluding carboxylic acids is 3. The average molecular weight is 501 g/mol. The Morgan fingerprint density at radius 1 is 0.784 bits per heavy atom. The average Bonchev–Trinajstić information content (AvgIpc) is 3.33. The fraction of sp³-hybridized carbons (Fsp3) is 0.250. The molecule has 0 atom stereocenters. The smallest absolute Gasteiger partial charge is 0.323 e. The van der Waals surface area contributed by atoms with Crippen molar-refractivity contribution >= 4 is 29.3 Å². The third-order valence-electron chi connectivity index (χ3n) is 6.16. The van der Waals surface area contributed by atoms with Crippen LogP contribution in [0.4, 0.5) is 21.0 Å². The highest BCUT2D eigenvalue weighted by atomic mass is 16.2. The molecular weight excluding hydrogens is 468 g/mol. The first-order valence-corrected chi connectivity index (χ1v) is 12.2. The van der Waals surface area contributed by atoms with Gasteiger partial charge in [-0.3, -0.25) is 14.6 Å². The van der Waals surface area contributed by atoms with Crippen LogP contribution in [-0.4, -0.2) is 47.0 Å². The molecule has 37 heavy (non-hydrogen) atoms. The van der Waals surface area contributed by atoms with E-state index in [0.717, 1.165) is 22.3 Å². The quantitative estimate of drug-likeness (QED) is 0.412. The maximum absolute atomic E-state index is 13.4. The predicted octanol–water partition coefficient (Wildman–Crippen LogP) is 3.79. The van der Waals surface area contributed by atoms with Crippen LogP contribution in [-0.2, 0) is 17.9 Å². The fourth-order valence-electron chi connectivity index (χ4n) is 4.32. The van der Waals surface area contributed by atoms with Crippen LogP contribution in [0.25, 0.3) is 0 Å². The topological polar surface area (TPSA) is 120 Å². The number of hydrogen-bond donors (Lipinski definition) is 4. The first kappa shape index (κ1) is 25.7. The van der Waals surface area contributed by atoms with Crippen molar-refractivity contribution in [2.45, 2.75) is 33.1 Å². The van der Waals surface area contributed by atoms with Crippen LogP contribution in [0.2, 0.25) is 0 Å². The van der Waals surface area contributed by atoms with E-state index in [0.29, 0.717) is 17.9 Å². The van der Waals surface area contributed by atoms with E-state index >= 15 is 0 Å². The lowest BCUT2D eigenvalue weighted by Gasteiger charge is -2.29. The molecule has 3 aromatic rings. The van der Waals surface area contributed by atoms with E-state index in [1.54, 1.807) is 12.1 Å². The van der Waals surface area contributed by atoms with E-state index in [2.05, 4.69) is 16.0 Å². The standard InChI is InChI=1S/C28H32N6O3/c1-19-6-3-10-23(14-19)31-27(36)33-12-13-34(28(37)32-24-11-4-7-20(2)15-24)26(33)25(35)30-18-22-9-5-8-21(16-22)17-29/h3-11,14-16,26H,12-13,17-18,29H2,1-2H3,(H,30,35)(H,31,36)(H,32,37). The molecule has 0 spiro atoms. The third-order valence-corrected chi connectivity index (χ3v) is 6.16. The normalized spacial score (nSPS) is 13.4. The highest BCUT2D eigenvalue weighted by Gasteiger charge is 2.42. The molecule has 1 fully saturated rings. The number of rotatable bonds is 6. The maximum atomic E-state index is 13.4. The molecule has 192 valence electrons. The number of amides is 5. The number of benzene rings is 3. The summed E-state index contributed by atoms with van der Waals surface area (Å²) < 4.78 is 0. The summed E-state index contributed by atoms with van der Waals surface area (Å²) in [6.07, 6.45) is -1.12. The molecule has 1 saturated heterocycles. The lowest BCUT2D eigenvalue weighted by molar-refractivity contribution is -0.127. The number of aryl methyl sites for hydroxylation is 2. The number of nitrogens with zero attached hydrogens (tertiary/aromatic N) is 2. The van der Waals surface area contributed by atoms with Gasteiger partial charge < -0.3 is 21.7 Å². The molecule has 0 aliphatic carbocycles. The predicted molar refractivity (Wildman–Crippen MR) is 144 cm³/mol. The lowest BCUT2D eigenvalue weighted by Crippen LogP contribution is -2.55. The van der Waals surface area contributed by atoms with Gasteiger partial charge in [0.25, 0.3) is 5.91 Å². The molecule has 0 saturated carbocycles. The van der Waals surface area contributed by atoms with Crippen molar-refractivity contribution in [3.05, 3.63) is 95.1 Å². The molecule has 9 nitrogen and oxygen atoms in total. The lowest BCUT2D eigenvalue weighted by atomic mass is 10.1. The van der Waals surface area contributed by atoms with Crippen molar-refractivity contribution in [2.24, 2.45) is 5.73 Å². The highest BCUT2D eigenvalue weighted by Crippen LogP contribution is 2.20. The van der Waals surface area contributed by atoms with Crippen molar-refractivity contribution < 1.29 is 14.4 Å². The molecule has 0 radical (unpaired) electrons. The summed E-state index contributed by atoms with van der Waals surface area (Å²) in [4.78, 5) is 42.7. The Kier molecular flexibility index (Phi) is 8.05. The van der Waals surface area contributed by atoms with Crippen LogP contribution in [0.5, 0.6) is 0 Å². The second-order valence-electron chi connectivity index (χ2n) is 9.10. The second kappa shape index (κ2) is 11.6. The largest absolute Gasteiger partial charge is 0.349 e. The van der Waals surface area contributed by atoms with Gasteiger partial charge >= 0.3 is 12.1 Å². The summed E-state index contributed by atoms with van der Waals surface area (Å²) in [7, 11) is 0. The van der Waals surface area contributed by atoms with Crippen molar-refractivity contribution in [1.82, 2.24) is 15.1 Å². The Balaban J connectivity index is 1.53. The molecule has 4 rings (SSSR count). The molecule has 5 amide bonds. The van der Waals surface area contributed by atoms with Gasteiger partial charge in [-0.1, -0.05) is 48.5 Å². The highest BCUT2D eigenvalue weighted by molar-refractivity contribution is 5.98. The minimum Gasteiger partial charge on any atom is -0.349 e. The molecule has 1 aliphatic heterocycles. The van der Waals surface area contributed by atoms with Crippen LogP contribution in [0.1, 0.15) is 22.3 Å². The van der Waals surface area contributed by atoms with E-state index in [-0.39, 0.29) is 19.6 Å². The second-order valence-corrected chi connectivity index (χ2v) is 9.10. The summed E-state index contributed by atoms with van der Waals surface area (Å²) in [6, 6.07) is 21.5. The Labute approximate surface area is 216 Å². The van der Waals surface area contributed by atoms with Crippen LogP contribution in [0.15, 0.2) is 72.8 Å². The van der Waals surface area contributed by atoms with Gasteiger partial charge in [0.2, 0.25) is 0 Å². The number of anilines is 2. The van der Waals surface area contributed by atoms with E-state index in [1.807, 2.05) is 74.5 Å². The minimum atomic E-state index is -1.12. The molecule has 1 aliphatic rings. The van der Waals surface area contributed by atoms with Gasteiger partial charge in [0.1, 0.15) is 0 Å². The number of hydrogen-bond acceptors (Lipinski definition) is 4. The zero-order valence-corrected chi connectivity index (χ0v) is 21.0. The van der Waals surface area contributed by atoms with Crippen molar-refractivity contribution in [2.75, 3.05) is 23.7 Å². The van der Waals surface area contributed by atoms with Crippen LogP contribution in [0.3, 0.4) is 0 Å². The summed E-state index contributed by atoms with van der Waals surface area (Å²) in [5, 5.41) is 8.58. The van der Waals surface area contributed by atoms with Crippen molar-refractivity contribution in [3.8, 4) is 0 Å². The van der Waals surface area contributed by atoms with Crippen molar-refractivity contribution in [1.29, 1.82) is 0 Å². The van der Waals surface area contributed by atoms with Crippen molar-refractivity contribution in [3.63, 3.8) is 0 Å². The molecule has 3 aromatic carbocycles. The molecule has 5 N–H and O–H groups in total. The molecule has 1 heterocycles. The monoisotopic (exact) mass is 500 g/mol. The van der Waals surface area contributed by atoms with E-state index in [4.69, 9.17) is 5.73 Å². The Hall–Kier alpha value is -4.37. The molecular formula is C28H32N6O3. The van der Waals surface area contributed by atoms with Gasteiger partial charge in [0.15, 0.2) is 6.17 Å². The number of nitrogens with one attached hydrogen (secondary N) is 3. The summed E-state index contributed by atoms with van der Waals surface area (Å²) in [6.45, 7) is 4.91. The van der Waals surface area contributed by atoms with Gasteiger partial charge in [-0.25, -0.2) is 9.59 Å². The summed E-state index contributed by atoms with van der Waals surface area (Å²) in [5.41, 5.74) is 10.8. The maximum Gasteiger partial charge on any atom is 0.323 e. The van der Waals surface area contributed by atoms with Crippen LogP contribution in [0, 0.1) is 13.8 Å². The van der Waals surface area contributed by atoms with Gasteiger partial charge in [-0.15, -0.1) is 0 Å². The number of urea groups is 2. The third kappa shape index (κ3) is 6.45. The summed E-state index contributed by atoms with van der Waals surface area (Å²) >= 11 is 0. The van der Waals surface area contributed by atoms with Crippen LogP contribution < -0.4 is 21.7 Å². The summed E-state index contributed by atoms with van der Waals surface area (Å²) in [5.74, 6) is -0.450. The van der Waals surface area contributed by atoms with Gasteiger partial charge in [-0.05, 0) is 60.4 Å². The van der Waals surface area contributed by atoms with E-state index in [1.165, 1.54) is 9.80 Å². The van der Waals surface area contributed by atoms with E-state index < -0.39 is 24.1 Å². The fourth-order valence-corrected chi connectivity index (χ4v) is 4.32. The van der Waals surface area contributed by atoms with Gasteiger partial charge in [0.05, 0.1) is 0 Å². The molecule has 9 heteroatoms. The Morgan fingerprint density at radius 2 is 1.30 bits per heavy atom. The molecule has 0 bridgehead atoms. The number of carbonyl (C=O) groups is 3. The minimum absolute atomic E-state index is 0.208. The van der Waals surface area contributed by atoms with E-state index in [9.17, 15) is 14.4 Å².